The van der Waals surface area contributed by atoms with Crippen LogP contribution in [0, 0.1) is 0 Å². The van der Waals surface area contributed by atoms with Crippen molar-refractivity contribution in [2.24, 2.45) is 0 Å². The number of benzene rings is 1. The standard InChI is InChI=1S/C20H27N3O/c1-15-12-23(13-16(2)24-15)14-18-5-4-6-20(11-18)22-17(3)19-7-9-21-10-8-19/h4-11,15-17,22H,12-14H2,1-3H3. The van der Waals surface area contributed by atoms with E-state index in [9.17, 15) is 0 Å². The molecule has 1 saturated heterocycles. The van der Waals surface area contributed by atoms with E-state index in [0.717, 1.165) is 25.3 Å². The molecule has 4 nitrogen and oxygen atoms in total. The van der Waals surface area contributed by atoms with Gasteiger partial charge in [0.05, 0.1) is 12.2 Å². The quantitative estimate of drug-likeness (QED) is 0.906. The minimum atomic E-state index is 0.256. The van der Waals surface area contributed by atoms with E-state index >= 15 is 0 Å². The number of rotatable bonds is 5. The number of morpholine rings is 1. The van der Waals surface area contributed by atoms with Gasteiger partial charge in [-0.05, 0) is 56.2 Å². The number of pyridine rings is 1. The summed E-state index contributed by atoms with van der Waals surface area (Å²) in [6.45, 7) is 9.43. The van der Waals surface area contributed by atoms with Gasteiger partial charge in [-0.25, -0.2) is 0 Å². The highest BCUT2D eigenvalue weighted by molar-refractivity contribution is 5.47. The first kappa shape index (κ1) is 16.9. The molecule has 0 aliphatic carbocycles. The molecule has 2 aromatic rings. The van der Waals surface area contributed by atoms with Gasteiger partial charge in [0, 0.05) is 43.8 Å². The van der Waals surface area contributed by atoms with Crippen molar-refractivity contribution in [3.8, 4) is 0 Å². The smallest absolute Gasteiger partial charge is 0.0678 e. The zero-order valence-electron chi connectivity index (χ0n) is 14.8. The number of aromatic nitrogens is 1. The second kappa shape index (κ2) is 7.77. The Balaban J connectivity index is 1.64. The van der Waals surface area contributed by atoms with Gasteiger partial charge in [-0.15, -0.1) is 0 Å². The van der Waals surface area contributed by atoms with Crippen LogP contribution in [-0.4, -0.2) is 35.2 Å². The molecule has 3 atom stereocenters. The Hall–Kier alpha value is -1.91. The molecule has 4 heteroatoms. The van der Waals surface area contributed by atoms with Crippen LogP contribution in [0.2, 0.25) is 0 Å². The van der Waals surface area contributed by atoms with Gasteiger partial charge in [0.15, 0.2) is 0 Å². The lowest BCUT2D eigenvalue weighted by Crippen LogP contribution is -2.44. The molecule has 1 fully saturated rings. The molecule has 24 heavy (non-hydrogen) atoms. The summed E-state index contributed by atoms with van der Waals surface area (Å²) in [7, 11) is 0. The van der Waals surface area contributed by atoms with Gasteiger partial charge in [0.25, 0.3) is 0 Å². The fourth-order valence-electron chi connectivity index (χ4n) is 3.42. The highest BCUT2D eigenvalue weighted by Gasteiger charge is 2.22. The predicted molar refractivity (Wildman–Crippen MR) is 98.0 cm³/mol. The summed E-state index contributed by atoms with van der Waals surface area (Å²) in [5.41, 5.74) is 3.74. The molecule has 1 aromatic carbocycles. The third kappa shape index (κ3) is 4.56. The van der Waals surface area contributed by atoms with Gasteiger partial charge in [0.1, 0.15) is 0 Å². The van der Waals surface area contributed by atoms with Crippen molar-refractivity contribution in [2.45, 2.75) is 45.6 Å². The maximum atomic E-state index is 5.82. The Kier molecular flexibility index (Phi) is 5.48. The first-order valence-corrected chi connectivity index (χ1v) is 8.73. The van der Waals surface area contributed by atoms with E-state index < -0.39 is 0 Å². The molecular weight excluding hydrogens is 298 g/mol. The van der Waals surface area contributed by atoms with Crippen LogP contribution in [0.5, 0.6) is 0 Å². The van der Waals surface area contributed by atoms with Gasteiger partial charge in [-0.3, -0.25) is 9.88 Å². The fraction of sp³-hybridized carbons (Fsp3) is 0.450. The van der Waals surface area contributed by atoms with Crippen molar-refractivity contribution in [3.63, 3.8) is 0 Å². The number of nitrogens with one attached hydrogen (secondary N) is 1. The van der Waals surface area contributed by atoms with Crippen molar-refractivity contribution in [2.75, 3.05) is 18.4 Å². The SMILES string of the molecule is CC1CN(Cc2cccc(NC(C)c3ccncc3)c2)CC(C)O1. The zero-order chi connectivity index (χ0) is 16.9. The van der Waals surface area contributed by atoms with E-state index in [1.165, 1.54) is 11.1 Å². The van der Waals surface area contributed by atoms with Crippen LogP contribution in [-0.2, 0) is 11.3 Å². The van der Waals surface area contributed by atoms with E-state index in [4.69, 9.17) is 4.74 Å². The second-order valence-corrected chi connectivity index (χ2v) is 6.80. The lowest BCUT2D eigenvalue weighted by Gasteiger charge is -2.35. The molecular formula is C20H27N3O. The number of hydrogen-bond donors (Lipinski definition) is 1. The average molecular weight is 325 g/mol. The molecule has 3 rings (SSSR count). The van der Waals surface area contributed by atoms with Gasteiger partial charge in [0.2, 0.25) is 0 Å². The molecule has 1 aliphatic rings. The summed E-state index contributed by atoms with van der Waals surface area (Å²) in [5, 5.41) is 3.58. The molecule has 3 unspecified atom stereocenters. The predicted octanol–water partition coefficient (Wildman–Crippen LogP) is 3.86. The maximum absolute atomic E-state index is 5.82. The van der Waals surface area contributed by atoms with E-state index in [1.807, 2.05) is 12.4 Å². The Labute approximate surface area is 144 Å². The monoisotopic (exact) mass is 325 g/mol. The van der Waals surface area contributed by atoms with Crippen LogP contribution in [0.25, 0.3) is 0 Å². The molecule has 0 bridgehead atoms. The highest BCUT2D eigenvalue weighted by atomic mass is 16.5. The molecule has 1 aliphatic heterocycles. The summed E-state index contributed by atoms with van der Waals surface area (Å²) >= 11 is 0. The summed E-state index contributed by atoms with van der Waals surface area (Å²) in [4.78, 5) is 6.56. The summed E-state index contributed by atoms with van der Waals surface area (Å²) < 4.78 is 5.82. The largest absolute Gasteiger partial charge is 0.379 e. The van der Waals surface area contributed by atoms with Crippen LogP contribution in [0.15, 0.2) is 48.8 Å². The molecule has 2 heterocycles. The topological polar surface area (TPSA) is 37.4 Å². The van der Waals surface area contributed by atoms with Crippen LogP contribution < -0.4 is 5.32 Å². The Bertz CT molecular complexity index is 636. The summed E-state index contributed by atoms with van der Waals surface area (Å²) in [6, 6.07) is 13.1. The Morgan fingerprint density at radius 3 is 2.58 bits per heavy atom. The second-order valence-electron chi connectivity index (χ2n) is 6.80. The van der Waals surface area contributed by atoms with Gasteiger partial charge < -0.3 is 10.1 Å². The minimum Gasteiger partial charge on any atom is -0.379 e. The highest BCUT2D eigenvalue weighted by Crippen LogP contribution is 2.21. The Morgan fingerprint density at radius 1 is 1.17 bits per heavy atom. The maximum Gasteiger partial charge on any atom is 0.0678 e. The van der Waals surface area contributed by atoms with Crippen LogP contribution in [0.4, 0.5) is 5.69 Å². The summed E-state index contributed by atoms with van der Waals surface area (Å²) in [5.74, 6) is 0. The molecule has 0 saturated carbocycles. The number of nitrogens with zero attached hydrogens (tertiary/aromatic N) is 2. The van der Waals surface area contributed by atoms with Gasteiger partial charge >= 0.3 is 0 Å². The van der Waals surface area contributed by atoms with Crippen molar-refractivity contribution in [3.05, 3.63) is 59.9 Å². The molecule has 0 radical (unpaired) electrons. The lowest BCUT2D eigenvalue weighted by atomic mass is 10.1. The fourth-order valence-corrected chi connectivity index (χ4v) is 3.42. The van der Waals surface area contributed by atoms with E-state index in [-0.39, 0.29) is 6.04 Å². The zero-order valence-corrected chi connectivity index (χ0v) is 14.8. The van der Waals surface area contributed by atoms with E-state index in [0.29, 0.717) is 12.2 Å². The summed E-state index contributed by atoms with van der Waals surface area (Å²) in [6.07, 6.45) is 4.29. The normalized spacial score (nSPS) is 23.0. The van der Waals surface area contributed by atoms with Gasteiger partial charge in [-0.1, -0.05) is 12.1 Å². The number of hydrogen-bond acceptors (Lipinski definition) is 4. The number of anilines is 1. The molecule has 0 spiro atoms. The van der Waals surface area contributed by atoms with E-state index in [1.54, 1.807) is 0 Å². The first-order chi connectivity index (χ1) is 11.6. The van der Waals surface area contributed by atoms with Crippen molar-refractivity contribution in [1.29, 1.82) is 0 Å². The Morgan fingerprint density at radius 2 is 1.88 bits per heavy atom. The molecule has 0 amide bonds. The van der Waals surface area contributed by atoms with Crippen LogP contribution >= 0.6 is 0 Å². The number of ether oxygens (including phenoxy) is 1. The van der Waals surface area contributed by atoms with Crippen molar-refractivity contribution >= 4 is 5.69 Å². The third-order valence-corrected chi connectivity index (χ3v) is 4.42. The molecule has 1 aromatic heterocycles. The molecule has 128 valence electrons. The van der Waals surface area contributed by atoms with Crippen LogP contribution in [0.1, 0.15) is 37.9 Å². The molecule has 1 N–H and O–H groups in total. The van der Waals surface area contributed by atoms with E-state index in [2.05, 4.69) is 72.4 Å². The lowest BCUT2D eigenvalue weighted by molar-refractivity contribution is -0.0704. The van der Waals surface area contributed by atoms with Crippen LogP contribution in [0.3, 0.4) is 0 Å². The first-order valence-electron chi connectivity index (χ1n) is 8.73. The average Bonchev–Trinajstić information content (AvgIpc) is 2.55. The third-order valence-electron chi connectivity index (χ3n) is 4.42. The van der Waals surface area contributed by atoms with Crippen molar-refractivity contribution < 1.29 is 4.74 Å². The van der Waals surface area contributed by atoms with Crippen molar-refractivity contribution in [1.82, 2.24) is 9.88 Å². The van der Waals surface area contributed by atoms with Gasteiger partial charge in [-0.2, -0.15) is 0 Å². The minimum absolute atomic E-state index is 0.256.